The molecule has 1 aromatic carbocycles. The molecule has 1 fully saturated rings. The monoisotopic (exact) mass is 392 g/mol. The van der Waals surface area contributed by atoms with Crippen molar-refractivity contribution in [3.63, 3.8) is 0 Å². The molecule has 158 valence electrons. The van der Waals surface area contributed by atoms with Gasteiger partial charge in [-0.25, -0.2) is 9.97 Å². The third kappa shape index (κ3) is 7.24. The van der Waals surface area contributed by atoms with Crippen LogP contribution in [0.1, 0.15) is 106 Å². The number of hydrogen-bond donors (Lipinski definition) is 0. The van der Waals surface area contributed by atoms with Gasteiger partial charge in [0, 0.05) is 18.8 Å². The Kier molecular flexibility index (Phi) is 9.18. The number of rotatable bonds is 11. The molecule has 0 aliphatic heterocycles. The quantitative estimate of drug-likeness (QED) is 0.371. The van der Waals surface area contributed by atoms with Gasteiger partial charge in [0.15, 0.2) is 0 Å². The normalized spacial score (nSPS) is 19.4. The molecule has 1 aliphatic carbocycles. The van der Waals surface area contributed by atoms with E-state index in [2.05, 4.69) is 50.5 Å². The molecule has 3 rings (SSSR count). The fraction of sp³-hybridized carbons (Fsp3) is 0.630. The summed E-state index contributed by atoms with van der Waals surface area (Å²) in [5.74, 6) is 2.63. The molecule has 0 amide bonds. The third-order valence-electron chi connectivity index (χ3n) is 6.74. The van der Waals surface area contributed by atoms with Crippen molar-refractivity contribution in [3.8, 4) is 0 Å². The van der Waals surface area contributed by atoms with Crippen LogP contribution in [0.3, 0.4) is 0 Å². The van der Waals surface area contributed by atoms with Crippen LogP contribution in [0.2, 0.25) is 0 Å². The number of aromatic nitrogens is 2. The molecule has 2 heteroatoms. The zero-order valence-corrected chi connectivity index (χ0v) is 18.7. The molecular weight excluding hydrogens is 352 g/mol. The third-order valence-corrected chi connectivity index (χ3v) is 6.74. The molecule has 1 aliphatic rings. The van der Waals surface area contributed by atoms with Crippen LogP contribution in [-0.4, -0.2) is 9.97 Å². The predicted octanol–water partition coefficient (Wildman–Crippen LogP) is 7.46. The summed E-state index contributed by atoms with van der Waals surface area (Å²) in [5, 5.41) is 0. The van der Waals surface area contributed by atoms with Crippen LogP contribution in [0.15, 0.2) is 36.7 Å². The van der Waals surface area contributed by atoms with Gasteiger partial charge >= 0.3 is 0 Å². The van der Waals surface area contributed by atoms with Gasteiger partial charge < -0.3 is 0 Å². The van der Waals surface area contributed by atoms with E-state index in [4.69, 9.17) is 9.97 Å². The minimum Gasteiger partial charge on any atom is -0.241 e. The lowest BCUT2D eigenvalue weighted by molar-refractivity contribution is 0.302. The van der Waals surface area contributed by atoms with E-state index in [0.717, 1.165) is 24.6 Å². The Labute approximate surface area is 178 Å². The Morgan fingerprint density at radius 3 is 1.97 bits per heavy atom. The summed E-state index contributed by atoms with van der Waals surface area (Å²) in [6, 6.07) is 9.12. The average Bonchev–Trinajstić information content (AvgIpc) is 2.78. The predicted molar refractivity (Wildman–Crippen MR) is 123 cm³/mol. The standard InChI is InChI=1S/C27H40N2/c1-3-5-7-9-23-14-17-25(18-15-23)26-20-28-27(29-21-26)19-16-24-12-10-22(11-13-24)8-6-4-2/h10-13,20-21,23,25H,3-9,14-19H2,1-2H3/t23-,25-. The summed E-state index contributed by atoms with van der Waals surface area (Å²) in [4.78, 5) is 9.39. The highest BCUT2D eigenvalue weighted by atomic mass is 14.9. The second-order valence-corrected chi connectivity index (χ2v) is 9.07. The number of aryl methyl sites for hydroxylation is 3. The first-order valence-electron chi connectivity index (χ1n) is 12.2. The summed E-state index contributed by atoms with van der Waals surface area (Å²) in [5.41, 5.74) is 4.21. The Hall–Kier alpha value is -1.70. The fourth-order valence-corrected chi connectivity index (χ4v) is 4.68. The van der Waals surface area contributed by atoms with Gasteiger partial charge in [-0.3, -0.25) is 0 Å². The molecule has 1 aromatic heterocycles. The van der Waals surface area contributed by atoms with Gasteiger partial charge in [-0.05, 0) is 73.5 Å². The Morgan fingerprint density at radius 2 is 1.34 bits per heavy atom. The number of nitrogens with zero attached hydrogens (tertiary/aromatic N) is 2. The minimum absolute atomic E-state index is 0.683. The first-order valence-corrected chi connectivity index (χ1v) is 12.2. The highest BCUT2D eigenvalue weighted by Gasteiger charge is 2.22. The zero-order valence-electron chi connectivity index (χ0n) is 18.7. The molecule has 0 atom stereocenters. The maximum Gasteiger partial charge on any atom is 0.128 e. The molecule has 0 bridgehead atoms. The summed E-state index contributed by atoms with van der Waals surface area (Å²) in [6.07, 6.45) is 20.9. The molecule has 0 N–H and O–H groups in total. The lowest BCUT2D eigenvalue weighted by atomic mass is 9.77. The highest BCUT2D eigenvalue weighted by Crippen LogP contribution is 2.37. The van der Waals surface area contributed by atoms with Crippen molar-refractivity contribution in [2.24, 2.45) is 5.92 Å². The molecule has 0 radical (unpaired) electrons. The van der Waals surface area contributed by atoms with Crippen molar-refractivity contribution < 1.29 is 0 Å². The maximum atomic E-state index is 4.70. The van der Waals surface area contributed by atoms with Crippen LogP contribution >= 0.6 is 0 Å². The van der Waals surface area contributed by atoms with E-state index in [1.165, 1.54) is 87.3 Å². The van der Waals surface area contributed by atoms with Crippen LogP contribution in [0.4, 0.5) is 0 Å². The SMILES string of the molecule is CCCCC[C@H]1CC[C@H](c2cnc(CCc3ccc(CCCC)cc3)nc2)CC1. The van der Waals surface area contributed by atoms with Crippen molar-refractivity contribution in [2.75, 3.05) is 0 Å². The average molecular weight is 393 g/mol. The van der Waals surface area contributed by atoms with Gasteiger partial charge in [0.25, 0.3) is 0 Å². The van der Waals surface area contributed by atoms with Crippen molar-refractivity contribution in [1.82, 2.24) is 9.97 Å². The number of hydrogen-bond acceptors (Lipinski definition) is 2. The summed E-state index contributed by atoms with van der Waals surface area (Å²) in [7, 11) is 0. The summed E-state index contributed by atoms with van der Waals surface area (Å²) >= 11 is 0. The molecule has 2 aromatic rings. The van der Waals surface area contributed by atoms with E-state index in [1.54, 1.807) is 0 Å². The van der Waals surface area contributed by atoms with Gasteiger partial charge in [-0.2, -0.15) is 0 Å². The molecule has 0 saturated heterocycles. The van der Waals surface area contributed by atoms with Gasteiger partial charge in [0.1, 0.15) is 5.82 Å². The zero-order chi connectivity index (χ0) is 20.3. The van der Waals surface area contributed by atoms with Gasteiger partial charge in [-0.15, -0.1) is 0 Å². The number of benzene rings is 1. The van der Waals surface area contributed by atoms with E-state index >= 15 is 0 Å². The van der Waals surface area contributed by atoms with Crippen molar-refractivity contribution >= 4 is 0 Å². The minimum atomic E-state index is 0.683. The van der Waals surface area contributed by atoms with Crippen LogP contribution in [0.5, 0.6) is 0 Å². The van der Waals surface area contributed by atoms with Crippen molar-refractivity contribution in [1.29, 1.82) is 0 Å². The van der Waals surface area contributed by atoms with Crippen molar-refractivity contribution in [2.45, 2.75) is 103 Å². The van der Waals surface area contributed by atoms with Crippen molar-refractivity contribution in [3.05, 3.63) is 59.2 Å². The Bertz CT molecular complexity index is 681. The van der Waals surface area contributed by atoms with E-state index < -0.39 is 0 Å². The first kappa shape index (κ1) is 22.0. The molecule has 0 unspecified atom stereocenters. The summed E-state index contributed by atoms with van der Waals surface area (Å²) in [6.45, 7) is 4.55. The van der Waals surface area contributed by atoms with Crippen LogP contribution in [-0.2, 0) is 19.3 Å². The van der Waals surface area contributed by atoms with Crippen LogP contribution in [0.25, 0.3) is 0 Å². The van der Waals surface area contributed by atoms with Crippen LogP contribution in [0, 0.1) is 5.92 Å². The molecule has 29 heavy (non-hydrogen) atoms. The maximum absolute atomic E-state index is 4.70. The Morgan fingerprint density at radius 1 is 0.724 bits per heavy atom. The van der Waals surface area contributed by atoms with E-state index in [-0.39, 0.29) is 0 Å². The van der Waals surface area contributed by atoms with E-state index in [0.29, 0.717) is 5.92 Å². The van der Waals surface area contributed by atoms with Gasteiger partial charge in [-0.1, -0.05) is 70.2 Å². The topological polar surface area (TPSA) is 25.8 Å². The molecule has 0 spiro atoms. The van der Waals surface area contributed by atoms with Crippen LogP contribution < -0.4 is 0 Å². The largest absolute Gasteiger partial charge is 0.241 e. The first-order chi connectivity index (χ1) is 14.3. The number of unbranched alkanes of at least 4 members (excludes halogenated alkanes) is 3. The lowest BCUT2D eigenvalue weighted by Gasteiger charge is -2.28. The fourth-order valence-electron chi connectivity index (χ4n) is 4.68. The molecule has 1 heterocycles. The van der Waals surface area contributed by atoms with E-state index in [1.807, 2.05) is 0 Å². The lowest BCUT2D eigenvalue weighted by Crippen LogP contribution is -2.14. The second kappa shape index (κ2) is 12.1. The van der Waals surface area contributed by atoms with E-state index in [9.17, 15) is 0 Å². The van der Waals surface area contributed by atoms with Gasteiger partial charge in [0.2, 0.25) is 0 Å². The second-order valence-electron chi connectivity index (χ2n) is 9.07. The molecule has 2 nitrogen and oxygen atoms in total. The van der Waals surface area contributed by atoms with Gasteiger partial charge in [0.05, 0.1) is 0 Å². The molecule has 1 saturated carbocycles. The Balaban J connectivity index is 1.42. The molecular formula is C27H40N2. The smallest absolute Gasteiger partial charge is 0.128 e. The highest BCUT2D eigenvalue weighted by molar-refractivity contribution is 5.23. The summed E-state index contributed by atoms with van der Waals surface area (Å²) < 4.78 is 0.